The summed E-state index contributed by atoms with van der Waals surface area (Å²) in [6.45, 7) is 1.42. The lowest BCUT2D eigenvalue weighted by Crippen LogP contribution is -2.21. The Morgan fingerprint density at radius 1 is 1.50 bits per heavy atom. The highest BCUT2D eigenvalue weighted by molar-refractivity contribution is 14.1. The van der Waals surface area contributed by atoms with Crippen molar-refractivity contribution in [2.24, 2.45) is 0 Å². The Hall–Kier alpha value is -0.730. The fourth-order valence-electron chi connectivity index (χ4n) is 0.820. The molecule has 0 spiro atoms. The van der Waals surface area contributed by atoms with E-state index in [1.54, 1.807) is 0 Å². The van der Waals surface area contributed by atoms with Gasteiger partial charge in [0.2, 0.25) is 0 Å². The molecule has 1 aromatic heterocycles. The van der Waals surface area contributed by atoms with E-state index in [1.807, 2.05) is 0 Å². The Labute approximate surface area is 90.4 Å². The summed E-state index contributed by atoms with van der Waals surface area (Å²) in [5, 5.41) is 0. The first-order chi connectivity index (χ1) is 6.31. The van der Waals surface area contributed by atoms with E-state index in [0.717, 1.165) is 0 Å². The number of aromatic nitrogens is 1. The number of H-pyrrole nitrogens is 1. The van der Waals surface area contributed by atoms with E-state index in [2.05, 4.69) is 9.72 Å². The predicted molar refractivity (Wildman–Crippen MR) is 51.2 cm³/mol. The van der Waals surface area contributed by atoms with Crippen molar-refractivity contribution < 1.29 is 17.9 Å². The molecule has 0 aliphatic heterocycles. The second-order valence-electron chi connectivity index (χ2n) is 2.49. The van der Waals surface area contributed by atoms with Crippen LogP contribution in [-0.4, -0.2) is 11.3 Å². The van der Waals surface area contributed by atoms with Gasteiger partial charge in [-0.15, -0.1) is 13.2 Å². The van der Waals surface area contributed by atoms with Crippen molar-refractivity contribution in [2.45, 2.75) is 13.3 Å². The van der Waals surface area contributed by atoms with Gasteiger partial charge in [0.25, 0.3) is 5.56 Å². The number of nitrogens with one attached hydrogen (secondary N) is 1. The smallest absolute Gasteiger partial charge is 0.404 e. The average molecular weight is 319 g/mol. The molecule has 0 amide bonds. The lowest BCUT2D eigenvalue weighted by Gasteiger charge is -2.11. The van der Waals surface area contributed by atoms with Crippen molar-refractivity contribution in [3.8, 4) is 5.75 Å². The first kappa shape index (κ1) is 11.3. The molecule has 7 heteroatoms. The predicted octanol–water partition coefficient (Wildman–Crippen LogP) is 2.19. The quantitative estimate of drug-likeness (QED) is 0.806. The second kappa shape index (κ2) is 3.79. The third kappa shape index (κ3) is 2.63. The van der Waals surface area contributed by atoms with Gasteiger partial charge < -0.3 is 9.72 Å². The first-order valence-electron chi connectivity index (χ1n) is 3.45. The number of pyridine rings is 1. The van der Waals surface area contributed by atoms with Gasteiger partial charge in [0, 0.05) is 11.8 Å². The van der Waals surface area contributed by atoms with Gasteiger partial charge in [-0.3, -0.25) is 4.79 Å². The maximum absolute atomic E-state index is 11.9. The van der Waals surface area contributed by atoms with Gasteiger partial charge in [-0.1, -0.05) is 0 Å². The van der Waals surface area contributed by atoms with E-state index < -0.39 is 17.7 Å². The van der Waals surface area contributed by atoms with Gasteiger partial charge >= 0.3 is 6.36 Å². The molecule has 3 nitrogen and oxygen atoms in total. The fraction of sp³-hybridized carbons (Fsp3) is 0.286. The summed E-state index contributed by atoms with van der Waals surface area (Å²) in [5.41, 5.74) is -0.373. The molecule has 1 aromatic rings. The SMILES string of the molecule is Cc1c[nH]c(=O)c(I)c1OC(F)(F)F. The summed E-state index contributed by atoms with van der Waals surface area (Å²) in [7, 11) is 0. The fourth-order valence-corrected chi connectivity index (χ4v) is 1.51. The third-order valence-corrected chi connectivity index (χ3v) is 2.37. The summed E-state index contributed by atoms with van der Waals surface area (Å²) in [6, 6.07) is 0. The molecular formula is C7H5F3INO2. The molecule has 0 radical (unpaired) electrons. The molecule has 0 atom stereocenters. The Kier molecular flexibility index (Phi) is 3.07. The molecule has 1 rings (SSSR count). The van der Waals surface area contributed by atoms with Crippen molar-refractivity contribution in [1.82, 2.24) is 4.98 Å². The Bertz CT molecular complexity index is 399. The number of aromatic amines is 1. The van der Waals surface area contributed by atoms with Crippen LogP contribution in [0, 0.1) is 10.5 Å². The molecule has 1 N–H and O–H groups in total. The Morgan fingerprint density at radius 2 is 2.07 bits per heavy atom. The first-order valence-corrected chi connectivity index (χ1v) is 4.52. The molecule has 78 valence electrons. The van der Waals surface area contributed by atoms with E-state index in [9.17, 15) is 18.0 Å². The van der Waals surface area contributed by atoms with E-state index in [0.29, 0.717) is 0 Å². The van der Waals surface area contributed by atoms with Crippen LogP contribution in [0.1, 0.15) is 5.56 Å². The topological polar surface area (TPSA) is 42.1 Å². The molecule has 14 heavy (non-hydrogen) atoms. The van der Waals surface area contributed by atoms with Gasteiger partial charge in [0.1, 0.15) is 3.57 Å². The van der Waals surface area contributed by atoms with Crippen molar-refractivity contribution >= 4 is 22.6 Å². The van der Waals surface area contributed by atoms with E-state index in [4.69, 9.17) is 0 Å². The number of hydrogen-bond donors (Lipinski definition) is 1. The molecule has 0 aliphatic carbocycles. The van der Waals surface area contributed by atoms with Crippen LogP contribution in [0.3, 0.4) is 0 Å². The monoisotopic (exact) mass is 319 g/mol. The van der Waals surface area contributed by atoms with Gasteiger partial charge in [-0.05, 0) is 29.5 Å². The van der Waals surface area contributed by atoms with Crippen LogP contribution in [0.5, 0.6) is 5.75 Å². The van der Waals surface area contributed by atoms with Crippen LogP contribution in [0.15, 0.2) is 11.0 Å². The highest BCUT2D eigenvalue weighted by Crippen LogP contribution is 2.27. The minimum absolute atomic E-state index is 0.111. The molecule has 0 aliphatic rings. The lowest BCUT2D eigenvalue weighted by molar-refractivity contribution is -0.275. The summed E-state index contributed by atoms with van der Waals surface area (Å²) < 4.78 is 39.3. The molecule has 0 fully saturated rings. The van der Waals surface area contributed by atoms with Crippen molar-refractivity contribution in [1.29, 1.82) is 0 Å². The minimum atomic E-state index is -4.78. The summed E-state index contributed by atoms with van der Waals surface area (Å²) in [6.07, 6.45) is -3.61. The van der Waals surface area contributed by atoms with Gasteiger partial charge in [0.05, 0.1) is 0 Å². The highest BCUT2D eigenvalue weighted by Gasteiger charge is 2.33. The number of halogens is 4. The van der Waals surface area contributed by atoms with Crippen molar-refractivity contribution in [2.75, 3.05) is 0 Å². The molecule has 0 saturated heterocycles. The van der Waals surface area contributed by atoms with Crippen LogP contribution in [0.25, 0.3) is 0 Å². The zero-order valence-corrected chi connectivity index (χ0v) is 9.06. The lowest BCUT2D eigenvalue weighted by atomic mass is 10.3. The van der Waals surface area contributed by atoms with Gasteiger partial charge in [0.15, 0.2) is 5.75 Å². The maximum Gasteiger partial charge on any atom is 0.573 e. The van der Waals surface area contributed by atoms with Crippen LogP contribution < -0.4 is 10.3 Å². The van der Waals surface area contributed by atoms with Crippen LogP contribution in [0.4, 0.5) is 13.2 Å². The second-order valence-corrected chi connectivity index (χ2v) is 3.57. The van der Waals surface area contributed by atoms with Gasteiger partial charge in [-0.25, -0.2) is 0 Å². The number of ether oxygens (including phenoxy) is 1. The zero-order chi connectivity index (χ0) is 10.9. The molecule has 0 bridgehead atoms. The molecule has 1 heterocycles. The summed E-state index contributed by atoms with van der Waals surface area (Å²) in [5.74, 6) is -0.443. The maximum atomic E-state index is 11.9. The largest absolute Gasteiger partial charge is 0.573 e. The standard InChI is InChI=1S/C7H5F3INO2/c1-3-2-12-6(13)4(11)5(3)14-7(8,9)10/h2H,1H3,(H,12,13). The average Bonchev–Trinajstić information content (AvgIpc) is 2.04. The number of rotatable bonds is 1. The van der Waals surface area contributed by atoms with Gasteiger partial charge in [-0.2, -0.15) is 0 Å². The third-order valence-electron chi connectivity index (χ3n) is 1.39. The Morgan fingerprint density at radius 3 is 2.57 bits per heavy atom. The summed E-state index contributed by atoms with van der Waals surface area (Å²) in [4.78, 5) is 13.3. The molecule has 0 saturated carbocycles. The van der Waals surface area contributed by atoms with Crippen LogP contribution >= 0.6 is 22.6 Å². The zero-order valence-electron chi connectivity index (χ0n) is 6.91. The minimum Gasteiger partial charge on any atom is -0.404 e. The van der Waals surface area contributed by atoms with Crippen LogP contribution in [-0.2, 0) is 0 Å². The number of aryl methyl sites for hydroxylation is 1. The van der Waals surface area contributed by atoms with Crippen molar-refractivity contribution in [3.05, 3.63) is 25.7 Å². The molecular weight excluding hydrogens is 314 g/mol. The normalized spacial score (nSPS) is 11.5. The summed E-state index contributed by atoms with van der Waals surface area (Å²) >= 11 is 1.50. The van der Waals surface area contributed by atoms with Crippen LogP contribution in [0.2, 0.25) is 0 Å². The molecule has 0 unspecified atom stereocenters. The number of alkyl halides is 3. The van der Waals surface area contributed by atoms with E-state index in [-0.39, 0.29) is 9.13 Å². The van der Waals surface area contributed by atoms with E-state index >= 15 is 0 Å². The molecule has 0 aromatic carbocycles. The number of hydrogen-bond acceptors (Lipinski definition) is 2. The van der Waals surface area contributed by atoms with Crippen molar-refractivity contribution in [3.63, 3.8) is 0 Å². The Balaban J connectivity index is 3.20. The highest BCUT2D eigenvalue weighted by atomic mass is 127. The van der Waals surface area contributed by atoms with E-state index in [1.165, 1.54) is 35.7 Å².